The first kappa shape index (κ1) is 12.2. The Morgan fingerprint density at radius 3 is 2.47 bits per heavy atom. The maximum absolute atomic E-state index is 12.8. The minimum absolute atomic E-state index is 0.0342. The van der Waals surface area contributed by atoms with Gasteiger partial charge in [-0.25, -0.2) is 4.39 Å². The summed E-state index contributed by atoms with van der Waals surface area (Å²) in [5.74, 6) is -0.285. The summed E-state index contributed by atoms with van der Waals surface area (Å²) in [4.78, 5) is 14.2. The van der Waals surface area contributed by atoms with Crippen molar-refractivity contribution in [3.63, 3.8) is 0 Å². The number of morpholine rings is 1. The van der Waals surface area contributed by atoms with E-state index in [1.54, 1.807) is 0 Å². The Kier molecular flexibility index (Phi) is 3.86. The third-order valence-electron chi connectivity index (χ3n) is 3.10. The Morgan fingerprint density at radius 1 is 1.29 bits per heavy atom. The molecule has 0 amide bonds. The molecular formula is C13H16FNO2. The number of halogens is 1. The molecule has 1 saturated heterocycles. The summed E-state index contributed by atoms with van der Waals surface area (Å²) in [5.41, 5.74) is 0.561. The number of carbonyl (C=O) groups is 1. The molecule has 1 aromatic carbocycles. The SMILES string of the molecule is C[C@@H](C(=O)c1ccc(F)cc1)N1CCOCC1. The number of rotatable bonds is 3. The van der Waals surface area contributed by atoms with Gasteiger partial charge in [-0.3, -0.25) is 9.69 Å². The zero-order chi connectivity index (χ0) is 12.3. The molecule has 4 heteroatoms. The molecule has 1 fully saturated rings. The molecule has 0 aromatic heterocycles. The van der Waals surface area contributed by atoms with Gasteiger partial charge >= 0.3 is 0 Å². The Balaban J connectivity index is 2.05. The van der Waals surface area contributed by atoms with Crippen LogP contribution in [0.25, 0.3) is 0 Å². The van der Waals surface area contributed by atoms with E-state index >= 15 is 0 Å². The van der Waals surface area contributed by atoms with Gasteiger partial charge in [-0.15, -0.1) is 0 Å². The lowest BCUT2D eigenvalue weighted by atomic mass is 10.0. The van der Waals surface area contributed by atoms with Crippen LogP contribution in [0.2, 0.25) is 0 Å². The van der Waals surface area contributed by atoms with Crippen LogP contribution in [-0.4, -0.2) is 43.0 Å². The van der Waals surface area contributed by atoms with Crippen molar-refractivity contribution in [3.8, 4) is 0 Å². The van der Waals surface area contributed by atoms with Crippen LogP contribution in [0.3, 0.4) is 0 Å². The molecule has 1 atom stereocenters. The van der Waals surface area contributed by atoms with Crippen LogP contribution in [0.5, 0.6) is 0 Å². The lowest BCUT2D eigenvalue weighted by molar-refractivity contribution is 0.0208. The van der Waals surface area contributed by atoms with E-state index in [-0.39, 0.29) is 17.6 Å². The van der Waals surface area contributed by atoms with Gasteiger partial charge < -0.3 is 4.74 Å². The summed E-state index contributed by atoms with van der Waals surface area (Å²) >= 11 is 0. The van der Waals surface area contributed by atoms with Gasteiger partial charge in [0.1, 0.15) is 5.82 Å². The van der Waals surface area contributed by atoms with E-state index < -0.39 is 0 Å². The second kappa shape index (κ2) is 5.38. The Labute approximate surface area is 100 Å². The van der Waals surface area contributed by atoms with Crippen LogP contribution in [-0.2, 0) is 4.74 Å². The fourth-order valence-corrected chi connectivity index (χ4v) is 1.99. The monoisotopic (exact) mass is 237 g/mol. The predicted octanol–water partition coefficient (Wildman–Crippen LogP) is 1.73. The molecule has 0 aliphatic carbocycles. The highest BCUT2D eigenvalue weighted by molar-refractivity contribution is 5.99. The van der Waals surface area contributed by atoms with Gasteiger partial charge in [0.05, 0.1) is 19.3 Å². The number of ether oxygens (including phenoxy) is 1. The molecule has 2 rings (SSSR count). The normalized spacial score (nSPS) is 18.9. The fourth-order valence-electron chi connectivity index (χ4n) is 1.99. The number of hydrogen-bond acceptors (Lipinski definition) is 3. The van der Waals surface area contributed by atoms with Crippen LogP contribution in [0.15, 0.2) is 24.3 Å². The number of Topliss-reactive ketones (excluding diaryl/α,β-unsaturated/α-hetero) is 1. The highest BCUT2D eigenvalue weighted by Crippen LogP contribution is 2.11. The Morgan fingerprint density at radius 2 is 1.88 bits per heavy atom. The van der Waals surface area contributed by atoms with E-state index in [1.807, 2.05) is 6.92 Å². The molecule has 3 nitrogen and oxygen atoms in total. The maximum Gasteiger partial charge on any atom is 0.179 e. The zero-order valence-electron chi connectivity index (χ0n) is 9.86. The van der Waals surface area contributed by atoms with Crippen molar-refractivity contribution in [1.29, 1.82) is 0 Å². The van der Waals surface area contributed by atoms with Crippen molar-refractivity contribution in [2.75, 3.05) is 26.3 Å². The molecule has 1 aliphatic rings. The molecule has 92 valence electrons. The summed E-state index contributed by atoms with van der Waals surface area (Å²) in [7, 11) is 0. The van der Waals surface area contributed by atoms with Gasteiger partial charge in [0.25, 0.3) is 0 Å². The van der Waals surface area contributed by atoms with Crippen LogP contribution >= 0.6 is 0 Å². The zero-order valence-corrected chi connectivity index (χ0v) is 9.86. The molecule has 1 aliphatic heterocycles. The first-order valence-corrected chi connectivity index (χ1v) is 5.80. The first-order chi connectivity index (χ1) is 8.18. The largest absolute Gasteiger partial charge is 0.379 e. The molecule has 0 saturated carbocycles. The van der Waals surface area contributed by atoms with Crippen molar-refractivity contribution >= 4 is 5.78 Å². The minimum atomic E-state index is -0.319. The highest BCUT2D eigenvalue weighted by atomic mass is 19.1. The summed E-state index contributed by atoms with van der Waals surface area (Å²) in [6.45, 7) is 4.77. The number of nitrogens with zero attached hydrogens (tertiary/aromatic N) is 1. The predicted molar refractivity (Wildman–Crippen MR) is 62.6 cm³/mol. The van der Waals surface area contributed by atoms with E-state index in [0.29, 0.717) is 18.8 Å². The van der Waals surface area contributed by atoms with Crippen molar-refractivity contribution in [3.05, 3.63) is 35.6 Å². The topological polar surface area (TPSA) is 29.5 Å². The third kappa shape index (κ3) is 2.90. The van der Waals surface area contributed by atoms with Gasteiger partial charge in [-0.05, 0) is 31.2 Å². The molecule has 0 radical (unpaired) electrons. The average molecular weight is 237 g/mol. The third-order valence-corrected chi connectivity index (χ3v) is 3.10. The van der Waals surface area contributed by atoms with Gasteiger partial charge in [-0.2, -0.15) is 0 Å². The molecule has 0 unspecified atom stereocenters. The molecule has 0 spiro atoms. The van der Waals surface area contributed by atoms with E-state index in [9.17, 15) is 9.18 Å². The van der Waals surface area contributed by atoms with Crippen LogP contribution < -0.4 is 0 Å². The van der Waals surface area contributed by atoms with Crippen molar-refractivity contribution < 1.29 is 13.9 Å². The van der Waals surface area contributed by atoms with Gasteiger partial charge in [-0.1, -0.05) is 0 Å². The lowest BCUT2D eigenvalue weighted by Gasteiger charge is -2.31. The second-order valence-electron chi connectivity index (χ2n) is 4.20. The number of benzene rings is 1. The standard InChI is InChI=1S/C13H16FNO2/c1-10(15-6-8-17-9-7-15)13(16)11-2-4-12(14)5-3-11/h2-5,10H,6-9H2,1H3/t10-/m0/s1. The molecule has 1 heterocycles. The van der Waals surface area contributed by atoms with E-state index in [2.05, 4.69) is 4.90 Å². The van der Waals surface area contributed by atoms with Gasteiger partial charge in [0.2, 0.25) is 0 Å². The van der Waals surface area contributed by atoms with Gasteiger partial charge in [0.15, 0.2) is 5.78 Å². The second-order valence-corrected chi connectivity index (χ2v) is 4.20. The molecule has 0 bridgehead atoms. The Hall–Kier alpha value is -1.26. The van der Waals surface area contributed by atoms with Crippen molar-refractivity contribution in [2.45, 2.75) is 13.0 Å². The average Bonchev–Trinajstić information content (AvgIpc) is 2.39. The molecule has 0 N–H and O–H groups in total. The smallest absolute Gasteiger partial charge is 0.179 e. The van der Waals surface area contributed by atoms with Crippen LogP contribution in [0.1, 0.15) is 17.3 Å². The Bertz CT molecular complexity index is 385. The van der Waals surface area contributed by atoms with Crippen LogP contribution in [0, 0.1) is 5.82 Å². The van der Waals surface area contributed by atoms with E-state index in [4.69, 9.17) is 4.74 Å². The highest BCUT2D eigenvalue weighted by Gasteiger charge is 2.23. The summed E-state index contributed by atoms with van der Waals surface area (Å²) in [6.07, 6.45) is 0. The quantitative estimate of drug-likeness (QED) is 0.750. The number of ketones is 1. The lowest BCUT2D eigenvalue weighted by Crippen LogP contribution is -2.45. The minimum Gasteiger partial charge on any atom is -0.379 e. The molecular weight excluding hydrogens is 221 g/mol. The fraction of sp³-hybridized carbons (Fsp3) is 0.462. The molecule has 17 heavy (non-hydrogen) atoms. The number of carbonyl (C=O) groups excluding carboxylic acids is 1. The first-order valence-electron chi connectivity index (χ1n) is 5.80. The summed E-state index contributed by atoms with van der Waals surface area (Å²) in [6, 6.07) is 5.53. The summed E-state index contributed by atoms with van der Waals surface area (Å²) < 4.78 is 18.0. The van der Waals surface area contributed by atoms with E-state index in [1.165, 1.54) is 24.3 Å². The van der Waals surface area contributed by atoms with Crippen molar-refractivity contribution in [2.24, 2.45) is 0 Å². The maximum atomic E-state index is 12.8. The summed E-state index contributed by atoms with van der Waals surface area (Å²) in [5, 5.41) is 0. The van der Waals surface area contributed by atoms with Crippen molar-refractivity contribution in [1.82, 2.24) is 4.90 Å². The molecule has 1 aromatic rings. The van der Waals surface area contributed by atoms with Gasteiger partial charge in [0, 0.05) is 18.7 Å². The van der Waals surface area contributed by atoms with E-state index in [0.717, 1.165) is 13.1 Å². The van der Waals surface area contributed by atoms with Crippen LogP contribution in [0.4, 0.5) is 4.39 Å². The number of hydrogen-bond donors (Lipinski definition) is 0.